The molecule has 1 rings (SSSR count). The van der Waals surface area contributed by atoms with Crippen LogP contribution in [0.4, 0.5) is 0 Å². The Balaban J connectivity index is 2.29. The van der Waals surface area contributed by atoms with Gasteiger partial charge in [-0.2, -0.15) is 5.10 Å². The molecule has 1 aromatic carbocycles. The molecule has 1 aromatic rings. The number of carbonyl (C=O) groups excluding carboxylic acids is 2. The summed E-state index contributed by atoms with van der Waals surface area (Å²) in [6.07, 6.45) is 2.95. The van der Waals surface area contributed by atoms with Gasteiger partial charge in [0.1, 0.15) is 6.42 Å². The summed E-state index contributed by atoms with van der Waals surface area (Å²) in [4.78, 5) is 22.8. The van der Waals surface area contributed by atoms with Gasteiger partial charge in [-0.05, 0) is 25.3 Å². The van der Waals surface area contributed by atoms with Crippen molar-refractivity contribution in [3.05, 3.63) is 48.6 Å². The molecular formula is C16H21N3O2. The molecule has 21 heavy (non-hydrogen) atoms. The standard InChI is InChI=1S/C16H21N3O2/c1-3-11-17-15(20)12-16(21)19-18-13(2)9-10-14-7-5-4-6-8-14/h3-8H,1,9-12H2,2H3,(H,17,20)(H,19,21)/b18-13-. The lowest BCUT2D eigenvalue weighted by molar-refractivity contribution is -0.129. The normalized spacial score (nSPS) is 10.8. The summed E-state index contributed by atoms with van der Waals surface area (Å²) >= 11 is 0. The van der Waals surface area contributed by atoms with E-state index in [-0.39, 0.29) is 12.3 Å². The van der Waals surface area contributed by atoms with Crippen LogP contribution < -0.4 is 10.7 Å². The first-order valence-corrected chi connectivity index (χ1v) is 6.85. The summed E-state index contributed by atoms with van der Waals surface area (Å²) in [6.45, 7) is 5.68. The molecule has 0 fully saturated rings. The van der Waals surface area contributed by atoms with Crippen LogP contribution in [-0.4, -0.2) is 24.1 Å². The van der Waals surface area contributed by atoms with Gasteiger partial charge in [0.05, 0.1) is 0 Å². The molecule has 0 aliphatic heterocycles. The van der Waals surface area contributed by atoms with Gasteiger partial charge in [0.25, 0.3) is 0 Å². The maximum atomic E-state index is 11.5. The van der Waals surface area contributed by atoms with E-state index >= 15 is 0 Å². The minimum Gasteiger partial charge on any atom is -0.352 e. The van der Waals surface area contributed by atoms with Crippen LogP contribution in [0.15, 0.2) is 48.1 Å². The molecule has 2 N–H and O–H groups in total. The van der Waals surface area contributed by atoms with Crippen molar-refractivity contribution in [3.8, 4) is 0 Å². The van der Waals surface area contributed by atoms with Crippen molar-refractivity contribution in [1.29, 1.82) is 0 Å². The number of rotatable bonds is 8. The van der Waals surface area contributed by atoms with Crippen molar-refractivity contribution in [1.82, 2.24) is 10.7 Å². The van der Waals surface area contributed by atoms with Gasteiger partial charge in [-0.15, -0.1) is 6.58 Å². The van der Waals surface area contributed by atoms with Gasteiger partial charge in [0.2, 0.25) is 11.8 Å². The minimum absolute atomic E-state index is 0.233. The largest absolute Gasteiger partial charge is 0.352 e. The van der Waals surface area contributed by atoms with E-state index in [1.54, 1.807) is 6.08 Å². The molecule has 0 saturated carbocycles. The summed E-state index contributed by atoms with van der Waals surface area (Å²) in [7, 11) is 0. The average Bonchev–Trinajstić information content (AvgIpc) is 2.50. The van der Waals surface area contributed by atoms with E-state index in [9.17, 15) is 9.59 Å². The third-order valence-electron chi connectivity index (χ3n) is 2.75. The highest BCUT2D eigenvalue weighted by Crippen LogP contribution is 2.03. The van der Waals surface area contributed by atoms with Crippen LogP contribution in [0.1, 0.15) is 25.3 Å². The predicted molar refractivity (Wildman–Crippen MR) is 83.8 cm³/mol. The first-order chi connectivity index (χ1) is 10.1. The number of aryl methyl sites for hydroxylation is 1. The minimum atomic E-state index is -0.421. The Morgan fingerprint density at radius 2 is 1.95 bits per heavy atom. The Kier molecular flexibility index (Phi) is 7.50. The first-order valence-electron chi connectivity index (χ1n) is 6.85. The molecule has 2 amide bonds. The lowest BCUT2D eigenvalue weighted by Gasteiger charge is -2.04. The van der Waals surface area contributed by atoms with Crippen LogP contribution >= 0.6 is 0 Å². The summed E-state index contributed by atoms with van der Waals surface area (Å²) in [5.74, 6) is -0.764. The second kappa shape index (κ2) is 9.47. The van der Waals surface area contributed by atoms with E-state index in [1.807, 2.05) is 25.1 Å². The number of amides is 2. The first kappa shape index (κ1) is 16.6. The van der Waals surface area contributed by atoms with Gasteiger partial charge in [-0.3, -0.25) is 9.59 Å². The highest BCUT2D eigenvalue weighted by atomic mass is 16.2. The Bertz CT molecular complexity index is 510. The average molecular weight is 287 g/mol. The number of hydrazone groups is 1. The Morgan fingerprint density at radius 3 is 2.62 bits per heavy atom. The fourth-order valence-electron chi connectivity index (χ4n) is 1.62. The van der Waals surface area contributed by atoms with E-state index in [4.69, 9.17) is 0 Å². The predicted octanol–water partition coefficient (Wildman–Crippen LogP) is 1.80. The number of hydrogen-bond acceptors (Lipinski definition) is 3. The monoisotopic (exact) mass is 287 g/mol. The summed E-state index contributed by atoms with van der Waals surface area (Å²) in [6, 6.07) is 10.1. The number of carbonyl (C=O) groups is 2. The SMILES string of the molecule is C=CCNC(=O)CC(=O)N/N=C(/C)CCc1ccccc1. The topological polar surface area (TPSA) is 70.6 Å². The zero-order valence-corrected chi connectivity index (χ0v) is 12.3. The van der Waals surface area contributed by atoms with Gasteiger partial charge in [0.15, 0.2) is 0 Å². The van der Waals surface area contributed by atoms with E-state index in [1.165, 1.54) is 5.56 Å². The van der Waals surface area contributed by atoms with Gasteiger partial charge < -0.3 is 5.32 Å². The zero-order chi connectivity index (χ0) is 15.5. The van der Waals surface area contributed by atoms with E-state index in [0.717, 1.165) is 18.6 Å². The second-order valence-electron chi connectivity index (χ2n) is 4.64. The molecule has 0 spiro atoms. The molecule has 0 radical (unpaired) electrons. The molecule has 0 aliphatic carbocycles. The van der Waals surface area contributed by atoms with Gasteiger partial charge in [-0.25, -0.2) is 5.43 Å². The third-order valence-corrected chi connectivity index (χ3v) is 2.75. The van der Waals surface area contributed by atoms with E-state index in [2.05, 4.69) is 34.6 Å². The van der Waals surface area contributed by atoms with E-state index < -0.39 is 5.91 Å². The quantitative estimate of drug-likeness (QED) is 0.331. The molecule has 0 atom stereocenters. The summed E-state index contributed by atoms with van der Waals surface area (Å²) in [5.41, 5.74) is 4.43. The number of nitrogens with one attached hydrogen (secondary N) is 2. The van der Waals surface area contributed by atoms with Crippen LogP contribution in [0.3, 0.4) is 0 Å². The zero-order valence-electron chi connectivity index (χ0n) is 12.3. The smallest absolute Gasteiger partial charge is 0.249 e. The highest BCUT2D eigenvalue weighted by molar-refractivity contribution is 5.97. The molecule has 0 unspecified atom stereocenters. The molecule has 5 heteroatoms. The third kappa shape index (κ3) is 7.67. The summed E-state index contributed by atoms with van der Waals surface area (Å²) < 4.78 is 0. The lowest BCUT2D eigenvalue weighted by atomic mass is 10.1. The molecule has 0 bridgehead atoms. The molecule has 0 heterocycles. The number of hydrogen-bond donors (Lipinski definition) is 2. The Morgan fingerprint density at radius 1 is 1.24 bits per heavy atom. The van der Waals surface area contributed by atoms with Crippen LogP contribution in [-0.2, 0) is 16.0 Å². The summed E-state index contributed by atoms with van der Waals surface area (Å²) in [5, 5.41) is 6.52. The maximum Gasteiger partial charge on any atom is 0.249 e. The Hall–Kier alpha value is -2.43. The van der Waals surface area contributed by atoms with Crippen molar-refractivity contribution in [2.24, 2.45) is 5.10 Å². The van der Waals surface area contributed by atoms with Crippen LogP contribution in [0.5, 0.6) is 0 Å². The fraction of sp³-hybridized carbons (Fsp3) is 0.312. The van der Waals surface area contributed by atoms with E-state index in [0.29, 0.717) is 6.54 Å². The van der Waals surface area contributed by atoms with Crippen LogP contribution in [0, 0.1) is 0 Å². The molecule has 112 valence electrons. The maximum absolute atomic E-state index is 11.5. The van der Waals surface area contributed by atoms with Crippen molar-refractivity contribution in [3.63, 3.8) is 0 Å². The van der Waals surface area contributed by atoms with Crippen LogP contribution in [0.25, 0.3) is 0 Å². The van der Waals surface area contributed by atoms with Crippen molar-refractivity contribution < 1.29 is 9.59 Å². The Labute approximate surface area is 125 Å². The number of nitrogens with zero attached hydrogens (tertiary/aromatic N) is 1. The van der Waals surface area contributed by atoms with Gasteiger partial charge in [-0.1, -0.05) is 36.4 Å². The fourth-order valence-corrected chi connectivity index (χ4v) is 1.62. The molecule has 0 aromatic heterocycles. The lowest BCUT2D eigenvalue weighted by Crippen LogP contribution is -2.30. The molecular weight excluding hydrogens is 266 g/mol. The highest BCUT2D eigenvalue weighted by Gasteiger charge is 2.07. The molecule has 0 aliphatic rings. The molecule has 5 nitrogen and oxygen atoms in total. The van der Waals surface area contributed by atoms with Crippen LogP contribution in [0.2, 0.25) is 0 Å². The number of benzene rings is 1. The van der Waals surface area contributed by atoms with Gasteiger partial charge in [0, 0.05) is 12.3 Å². The van der Waals surface area contributed by atoms with Crippen molar-refractivity contribution in [2.45, 2.75) is 26.2 Å². The van der Waals surface area contributed by atoms with Crippen molar-refractivity contribution in [2.75, 3.05) is 6.54 Å². The van der Waals surface area contributed by atoms with Gasteiger partial charge >= 0.3 is 0 Å². The van der Waals surface area contributed by atoms with Crippen molar-refractivity contribution >= 4 is 17.5 Å². The second-order valence-corrected chi connectivity index (χ2v) is 4.64. The molecule has 0 saturated heterocycles.